The standard InChI is InChI=1S/C12H15N3O3/c1-3-6-13-12(16)15-10-4-5-11(14-9-10)18-8-7-17-2/h1,4-5,9H,6-8H2,2H3,(H2,13,15,16). The van der Waals surface area contributed by atoms with Crippen molar-refractivity contribution in [2.45, 2.75) is 0 Å². The second-order valence-electron chi connectivity index (χ2n) is 3.24. The molecule has 0 spiro atoms. The van der Waals surface area contributed by atoms with Crippen LogP contribution in [-0.2, 0) is 4.74 Å². The summed E-state index contributed by atoms with van der Waals surface area (Å²) in [6.07, 6.45) is 6.51. The molecule has 0 radical (unpaired) electrons. The molecule has 0 saturated carbocycles. The van der Waals surface area contributed by atoms with Gasteiger partial charge in [0.2, 0.25) is 5.88 Å². The van der Waals surface area contributed by atoms with Gasteiger partial charge in [0.05, 0.1) is 25.0 Å². The number of carbonyl (C=O) groups is 1. The summed E-state index contributed by atoms with van der Waals surface area (Å²) >= 11 is 0. The van der Waals surface area contributed by atoms with Crippen molar-refractivity contribution in [3.63, 3.8) is 0 Å². The lowest BCUT2D eigenvalue weighted by Crippen LogP contribution is -2.28. The highest BCUT2D eigenvalue weighted by Gasteiger charge is 2.01. The van der Waals surface area contributed by atoms with Gasteiger partial charge in [-0.1, -0.05) is 5.92 Å². The fourth-order valence-corrected chi connectivity index (χ4v) is 1.08. The number of amides is 2. The quantitative estimate of drug-likeness (QED) is 0.579. The maximum Gasteiger partial charge on any atom is 0.320 e. The Kier molecular flexibility index (Phi) is 6.08. The summed E-state index contributed by atoms with van der Waals surface area (Å²) in [7, 11) is 1.60. The summed E-state index contributed by atoms with van der Waals surface area (Å²) in [4.78, 5) is 15.3. The molecule has 6 nitrogen and oxygen atoms in total. The number of methoxy groups -OCH3 is 1. The van der Waals surface area contributed by atoms with Crippen LogP contribution in [0, 0.1) is 12.3 Å². The Balaban J connectivity index is 2.40. The van der Waals surface area contributed by atoms with E-state index in [0.29, 0.717) is 24.8 Å². The Hall–Kier alpha value is -2.26. The average molecular weight is 249 g/mol. The summed E-state index contributed by atoms with van der Waals surface area (Å²) in [6, 6.07) is 2.97. The number of hydrogen-bond acceptors (Lipinski definition) is 4. The van der Waals surface area contributed by atoms with Crippen LogP contribution >= 0.6 is 0 Å². The van der Waals surface area contributed by atoms with Crippen molar-refractivity contribution in [2.24, 2.45) is 0 Å². The van der Waals surface area contributed by atoms with E-state index in [4.69, 9.17) is 15.9 Å². The molecule has 0 aliphatic carbocycles. The van der Waals surface area contributed by atoms with E-state index in [1.165, 1.54) is 6.20 Å². The van der Waals surface area contributed by atoms with E-state index in [1.807, 2.05) is 0 Å². The number of nitrogens with one attached hydrogen (secondary N) is 2. The second kappa shape index (κ2) is 7.92. The summed E-state index contributed by atoms with van der Waals surface area (Å²) < 4.78 is 10.1. The van der Waals surface area contributed by atoms with Crippen LogP contribution in [0.5, 0.6) is 5.88 Å². The van der Waals surface area contributed by atoms with Crippen molar-refractivity contribution in [1.29, 1.82) is 0 Å². The number of anilines is 1. The highest BCUT2D eigenvalue weighted by Crippen LogP contribution is 2.11. The van der Waals surface area contributed by atoms with Gasteiger partial charge in [-0.25, -0.2) is 9.78 Å². The van der Waals surface area contributed by atoms with Crippen LogP contribution in [-0.4, -0.2) is 37.9 Å². The fourth-order valence-electron chi connectivity index (χ4n) is 1.08. The van der Waals surface area contributed by atoms with E-state index in [2.05, 4.69) is 21.5 Å². The van der Waals surface area contributed by atoms with Gasteiger partial charge < -0.3 is 20.1 Å². The summed E-state index contributed by atoms with van der Waals surface area (Å²) in [5.74, 6) is 2.78. The third kappa shape index (κ3) is 5.18. The van der Waals surface area contributed by atoms with E-state index in [1.54, 1.807) is 19.2 Å². The number of pyridine rings is 1. The molecule has 2 amide bonds. The van der Waals surface area contributed by atoms with Crippen molar-refractivity contribution in [3.8, 4) is 18.2 Å². The van der Waals surface area contributed by atoms with Crippen LogP contribution in [0.2, 0.25) is 0 Å². The predicted molar refractivity (Wildman–Crippen MR) is 67.5 cm³/mol. The van der Waals surface area contributed by atoms with Gasteiger partial charge in [0.25, 0.3) is 0 Å². The van der Waals surface area contributed by atoms with Crippen molar-refractivity contribution >= 4 is 11.7 Å². The fraction of sp³-hybridized carbons (Fsp3) is 0.333. The summed E-state index contributed by atoms with van der Waals surface area (Å²) in [5, 5.41) is 5.06. The Morgan fingerprint density at radius 2 is 2.33 bits per heavy atom. The molecule has 0 aliphatic rings. The molecule has 0 aliphatic heterocycles. The number of urea groups is 1. The van der Waals surface area contributed by atoms with Crippen molar-refractivity contribution in [2.75, 3.05) is 32.2 Å². The summed E-state index contributed by atoms with van der Waals surface area (Å²) in [5.41, 5.74) is 0.559. The van der Waals surface area contributed by atoms with E-state index >= 15 is 0 Å². The van der Waals surface area contributed by atoms with Crippen LogP contribution in [0.3, 0.4) is 0 Å². The van der Waals surface area contributed by atoms with Gasteiger partial charge in [-0.15, -0.1) is 6.42 Å². The topological polar surface area (TPSA) is 72.5 Å². The van der Waals surface area contributed by atoms with E-state index < -0.39 is 0 Å². The molecule has 18 heavy (non-hydrogen) atoms. The van der Waals surface area contributed by atoms with Gasteiger partial charge in [-0.2, -0.15) is 0 Å². The van der Waals surface area contributed by atoms with Gasteiger partial charge in [0, 0.05) is 13.2 Å². The molecule has 2 N–H and O–H groups in total. The molecule has 1 heterocycles. The number of hydrogen-bond donors (Lipinski definition) is 2. The molecule has 6 heteroatoms. The Labute approximate surface area is 106 Å². The third-order valence-electron chi connectivity index (χ3n) is 1.88. The molecule has 1 rings (SSSR count). The Morgan fingerprint density at radius 3 is 2.94 bits per heavy atom. The number of aromatic nitrogens is 1. The molecule has 0 fully saturated rings. The molecule has 0 saturated heterocycles. The predicted octanol–water partition coefficient (Wildman–Crippen LogP) is 0.861. The summed E-state index contributed by atoms with van der Waals surface area (Å²) in [6.45, 7) is 1.10. The Bertz CT molecular complexity index is 412. The maximum absolute atomic E-state index is 11.3. The van der Waals surface area contributed by atoms with Gasteiger partial charge in [0.1, 0.15) is 6.61 Å². The van der Waals surface area contributed by atoms with Crippen LogP contribution in [0.4, 0.5) is 10.5 Å². The number of terminal acetylenes is 1. The van der Waals surface area contributed by atoms with Crippen molar-refractivity contribution < 1.29 is 14.3 Å². The normalized spacial score (nSPS) is 9.33. The lowest BCUT2D eigenvalue weighted by atomic mass is 10.4. The smallest absolute Gasteiger partial charge is 0.320 e. The van der Waals surface area contributed by atoms with Crippen LogP contribution in [0.1, 0.15) is 0 Å². The zero-order valence-electron chi connectivity index (χ0n) is 10.1. The van der Waals surface area contributed by atoms with E-state index in [-0.39, 0.29) is 12.6 Å². The van der Waals surface area contributed by atoms with Crippen LogP contribution in [0.15, 0.2) is 18.3 Å². The minimum atomic E-state index is -0.372. The largest absolute Gasteiger partial charge is 0.475 e. The lowest BCUT2D eigenvalue weighted by molar-refractivity contribution is 0.144. The first kappa shape index (κ1) is 13.8. The molecule has 1 aromatic heterocycles. The molecule has 1 aromatic rings. The van der Waals surface area contributed by atoms with Crippen LogP contribution < -0.4 is 15.4 Å². The third-order valence-corrected chi connectivity index (χ3v) is 1.88. The molecule has 0 atom stereocenters. The first-order valence-electron chi connectivity index (χ1n) is 5.32. The minimum absolute atomic E-state index is 0.178. The van der Waals surface area contributed by atoms with Gasteiger partial charge in [0.15, 0.2) is 0 Å². The van der Waals surface area contributed by atoms with Gasteiger partial charge in [-0.3, -0.25) is 0 Å². The van der Waals surface area contributed by atoms with Gasteiger partial charge >= 0.3 is 6.03 Å². The maximum atomic E-state index is 11.3. The molecular weight excluding hydrogens is 234 g/mol. The van der Waals surface area contributed by atoms with Crippen molar-refractivity contribution in [3.05, 3.63) is 18.3 Å². The highest BCUT2D eigenvalue weighted by molar-refractivity contribution is 5.89. The van der Waals surface area contributed by atoms with E-state index in [9.17, 15) is 4.79 Å². The molecule has 0 bridgehead atoms. The Morgan fingerprint density at radius 1 is 1.50 bits per heavy atom. The lowest BCUT2D eigenvalue weighted by Gasteiger charge is -2.07. The average Bonchev–Trinajstić information content (AvgIpc) is 2.39. The first-order chi connectivity index (χ1) is 8.76. The molecular formula is C12H15N3O3. The number of nitrogens with zero attached hydrogens (tertiary/aromatic N) is 1. The van der Waals surface area contributed by atoms with Gasteiger partial charge in [-0.05, 0) is 6.07 Å². The van der Waals surface area contributed by atoms with Crippen molar-refractivity contribution in [1.82, 2.24) is 10.3 Å². The zero-order valence-corrected chi connectivity index (χ0v) is 10.1. The molecule has 0 unspecified atom stereocenters. The van der Waals surface area contributed by atoms with E-state index in [0.717, 1.165) is 0 Å². The number of ether oxygens (including phenoxy) is 2. The molecule has 96 valence electrons. The monoisotopic (exact) mass is 249 g/mol. The van der Waals surface area contributed by atoms with Crippen LogP contribution in [0.25, 0.3) is 0 Å². The minimum Gasteiger partial charge on any atom is -0.475 e. The first-order valence-corrected chi connectivity index (χ1v) is 5.32. The molecule has 0 aromatic carbocycles. The number of carbonyl (C=O) groups excluding carboxylic acids is 1. The second-order valence-corrected chi connectivity index (χ2v) is 3.24. The SMILES string of the molecule is C#CCNC(=O)Nc1ccc(OCCOC)nc1. The highest BCUT2D eigenvalue weighted by atomic mass is 16.5. The number of rotatable bonds is 6. The zero-order chi connectivity index (χ0) is 13.2.